The van der Waals surface area contributed by atoms with Gasteiger partial charge in [0.1, 0.15) is 10.7 Å². The number of piperidine rings is 1. The topological polar surface area (TPSA) is 84.3 Å². The molecular formula is C25H29FN4O3S. The lowest BCUT2D eigenvalue weighted by Crippen LogP contribution is -2.36. The maximum Gasteiger partial charge on any atom is 0.255 e. The van der Waals surface area contributed by atoms with Crippen LogP contribution in [-0.2, 0) is 16.6 Å². The van der Waals surface area contributed by atoms with Gasteiger partial charge in [-0.2, -0.15) is 9.40 Å². The first-order valence-electron chi connectivity index (χ1n) is 11.4. The van der Waals surface area contributed by atoms with Gasteiger partial charge in [-0.1, -0.05) is 24.6 Å². The standard InChI is InChI=1S/C25H29FN4O3S/c1-17-7-12-22(15-23(17)26)27-25(31)21-10-8-20(9-11-21)16-30-19(3)24(18(2)28-30)34(32,33)29-13-5-4-6-14-29/h7-12,15H,4-6,13-14,16H2,1-3H3,(H,27,31). The van der Waals surface area contributed by atoms with E-state index in [2.05, 4.69) is 10.4 Å². The Bertz CT molecular complexity index is 1310. The first kappa shape index (κ1) is 24.1. The number of anilines is 1. The zero-order valence-corrected chi connectivity index (χ0v) is 20.5. The van der Waals surface area contributed by atoms with Crippen LogP contribution in [0.1, 0.15) is 52.1 Å². The summed E-state index contributed by atoms with van der Waals surface area (Å²) in [5.41, 5.74) is 3.31. The van der Waals surface area contributed by atoms with Crippen molar-refractivity contribution in [3.63, 3.8) is 0 Å². The smallest absolute Gasteiger partial charge is 0.255 e. The summed E-state index contributed by atoms with van der Waals surface area (Å²) >= 11 is 0. The first-order valence-corrected chi connectivity index (χ1v) is 12.8. The van der Waals surface area contributed by atoms with Crippen LogP contribution in [0.3, 0.4) is 0 Å². The van der Waals surface area contributed by atoms with Crippen molar-refractivity contribution in [2.75, 3.05) is 18.4 Å². The summed E-state index contributed by atoms with van der Waals surface area (Å²) in [4.78, 5) is 12.8. The van der Waals surface area contributed by atoms with Gasteiger partial charge in [0, 0.05) is 24.3 Å². The molecule has 2 heterocycles. The number of hydrogen-bond acceptors (Lipinski definition) is 4. The SMILES string of the molecule is Cc1ccc(NC(=O)c2ccc(Cn3nc(C)c(S(=O)(=O)N4CCCCC4)c3C)cc2)cc1F. The molecule has 0 unspecified atom stereocenters. The Balaban J connectivity index is 1.49. The van der Waals surface area contributed by atoms with Crippen molar-refractivity contribution in [2.45, 2.75) is 51.5 Å². The molecule has 1 aromatic heterocycles. The second kappa shape index (κ2) is 9.68. The van der Waals surface area contributed by atoms with Crippen LogP contribution in [-0.4, -0.2) is 41.5 Å². The van der Waals surface area contributed by atoms with Gasteiger partial charge in [-0.25, -0.2) is 12.8 Å². The number of aryl methyl sites for hydroxylation is 2. The van der Waals surface area contributed by atoms with E-state index in [1.165, 1.54) is 6.07 Å². The molecule has 9 heteroatoms. The number of sulfonamides is 1. The summed E-state index contributed by atoms with van der Waals surface area (Å²) in [5, 5.41) is 7.19. The van der Waals surface area contributed by atoms with Crippen molar-refractivity contribution in [2.24, 2.45) is 0 Å². The number of aromatic nitrogens is 2. The maximum atomic E-state index is 13.7. The fourth-order valence-corrected chi connectivity index (χ4v) is 6.14. The number of rotatable bonds is 6. The van der Waals surface area contributed by atoms with E-state index in [1.807, 2.05) is 0 Å². The van der Waals surface area contributed by atoms with Crippen molar-refractivity contribution in [1.29, 1.82) is 0 Å². The largest absolute Gasteiger partial charge is 0.322 e. The molecule has 7 nitrogen and oxygen atoms in total. The Morgan fingerprint density at radius 2 is 1.71 bits per heavy atom. The lowest BCUT2D eigenvalue weighted by atomic mass is 10.1. The summed E-state index contributed by atoms with van der Waals surface area (Å²) in [5.74, 6) is -0.712. The molecule has 34 heavy (non-hydrogen) atoms. The highest BCUT2D eigenvalue weighted by atomic mass is 32.2. The zero-order valence-electron chi connectivity index (χ0n) is 19.6. The number of halogens is 1. The van der Waals surface area contributed by atoms with Crippen LogP contribution in [0.2, 0.25) is 0 Å². The van der Waals surface area contributed by atoms with Gasteiger partial charge in [-0.15, -0.1) is 0 Å². The third-order valence-electron chi connectivity index (χ3n) is 6.21. The zero-order chi connectivity index (χ0) is 24.5. The molecular weight excluding hydrogens is 455 g/mol. The quantitative estimate of drug-likeness (QED) is 0.561. The molecule has 1 aliphatic heterocycles. The second-order valence-electron chi connectivity index (χ2n) is 8.74. The average molecular weight is 485 g/mol. The van der Waals surface area contributed by atoms with E-state index >= 15 is 0 Å². The number of nitrogens with zero attached hydrogens (tertiary/aromatic N) is 3. The van der Waals surface area contributed by atoms with Crippen molar-refractivity contribution in [1.82, 2.24) is 14.1 Å². The Morgan fingerprint density at radius 1 is 1.03 bits per heavy atom. The fraction of sp³-hybridized carbons (Fsp3) is 0.360. The summed E-state index contributed by atoms with van der Waals surface area (Å²) in [6.45, 7) is 6.64. The minimum absolute atomic E-state index is 0.288. The molecule has 0 spiro atoms. The minimum Gasteiger partial charge on any atom is -0.322 e. The first-order chi connectivity index (χ1) is 16.2. The molecule has 4 rings (SSSR count). The third kappa shape index (κ3) is 4.90. The molecule has 0 atom stereocenters. The predicted octanol–water partition coefficient (Wildman–Crippen LogP) is 4.42. The number of carbonyl (C=O) groups excluding carboxylic acids is 1. The predicted molar refractivity (Wildman–Crippen MR) is 129 cm³/mol. The van der Waals surface area contributed by atoms with Crippen LogP contribution < -0.4 is 5.32 Å². The normalized spacial score (nSPS) is 14.8. The van der Waals surface area contributed by atoms with E-state index < -0.39 is 10.0 Å². The lowest BCUT2D eigenvalue weighted by molar-refractivity contribution is 0.102. The molecule has 0 bridgehead atoms. The number of carbonyl (C=O) groups is 1. The fourth-order valence-electron chi connectivity index (χ4n) is 4.25. The van der Waals surface area contributed by atoms with E-state index in [9.17, 15) is 17.6 Å². The van der Waals surface area contributed by atoms with Gasteiger partial charge in [-0.3, -0.25) is 9.48 Å². The van der Waals surface area contributed by atoms with Gasteiger partial charge >= 0.3 is 0 Å². The van der Waals surface area contributed by atoms with Gasteiger partial charge in [-0.05, 0) is 69.0 Å². The number of hydrogen-bond donors (Lipinski definition) is 1. The molecule has 180 valence electrons. The lowest BCUT2D eigenvalue weighted by Gasteiger charge is -2.26. The van der Waals surface area contributed by atoms with Gasteiger partial charge in [0.05, 0.1) is 17.9 Å². The maximum absolute atomic E-state index is 13.7. The van der Waals surface area contributed by atoms with Gasteiger partial charge in [0.2, 0.25) is 10.0 Å². The number of benzene rings is 2. The molecule has 1 aliphatic rings. The highest BCUT2D eigenvalue weighted by Gasteiger charge is 2.31. The number of amides is 1. The number of nitrogens with one attached hydrogen (secondary N) is 1. The summed E-state index contributed by atoms with van der Waals surface area (Å²) in [7, 11) is -3.58. The van der Waals surface area contributed by atoms with Crippen LogP contribution >= 0.6 is 0 Å². The average Bonchev–Trinajstić information content (AvgIpc) is 3.10. The Morgan fingerprint density at radius 3 is 2.35 bits per heavy atom. The van der Waals surface area contributed by atoms with E-state index in [0.717, 1.165) is 24.8 Å². The van der Waals surface area contributed by atoms with Crippen molar-refractivity contribution < 1.29 is 17.6 Å². The van der Waals surface area contributed by atoms with E-state index in [-0.39, 0.29) is 16.6 Å². The second-order valence-corrected chi connectivity index (χ2v) is 10.6. The Labute approximate surface area is 199 Å². The van der Waals surface area contributed by atoms with Crippen LogP contribution in [0, 0.1) is 26.6 Å². The van der Waals surface area contributed by atoms with Crippen LogP contribution in [0.15, 0.2) is 47.4 Å². The summed E-state index contributed by atoms with van der Waals surface area (Å²) in [6.07, 6.45) is 2.81. The Kier molecular flexibility index (Phi) is 6.86. The monoisotopic (exact) mass is 484 g/mol. The molecule has 2 aromatic carbocycles. The molecule has 0 saturated carbocycles. The van der Waals surface area contributed by atoms with Crippen LogP contribution in [0.25, 0.3) is 0 Å². The summed E-state index contributed by atoms with van der Waals surface area (Å²) < 4.78 is 43.4. The molecule has 3 aromatic rings. The summed E-state index contributed by atoms with van der Waals surface area (Å²) in [6, 6.07) is 11.5. The van der Waals surface area contributed by atoms with E-state index in [0.29, 0.717) is 47.8 Å². The van der Waals surface area contributed by atoms with Gasteiger partial charge in [0.25, 0.3) is 5.91 Å². The van der Waals surface area contributed by atoms with E-state index in [4.69, 9.17) is 0 Å². The third-order valence-corrected chi connectivity index (χ3v) is 8.36. The van der Waals surface area contributed by atoms with Crippen molar-refractivity contribution >= 4 is 21.6 Å². The van der Waals surface area contributed by atoms with Crippen LogP contribution in [0.5, 0.6) is 0 Å². The highest BCUT2D eigenvalue weighted by molar-refractivity contribution is 7.89. The molecule has 0 aliphatic carbocycles. The Hall–Kier alpha value is -3.04. The molecule has 1 saturated heterocycles. The van der Waals surface area contributed by atoms with E-state index in [1.54, 1.807) is 66.2 Å². The molecule has 1 fully saturated rings. The van der Waals surface area contributed by atoms with Gasteiger partial charge < -0.3 is 5.32 Å². The highest BCUT2D eigenvalue weighted by Crippen LogP contribution is 2.26. The molecule has 1 amide bonds. The molecule has 1 N–H and O–H groups in total. The molecule has 0 radical (unpaired) electrons. The van der Waals surface area contributed by atoms with Crippen molar-refractivity contribution in [3.05, 3.63) is 76.4 Å². The van der Waals surface area contributed by atoms with Gasteiger partial charge in [0.15, 0.2) is 0 Å². The minimum atomic E-state index is -3.58. The van der Waals surface area contributed by atoms with Crippen molar-refractivity contribution in [3.8, 4) is 0 Å². The van der Waals surface area contributed by atoms with Crippen LogP contribution in [0.4, 0.5) is 10.1 Å².